The third-order valence-electron chi connectivity index (χ3n) is 16.2. The zero-order valence-electron chi connectivity index (χ0n) is 51.2. The van der Waals surface area contributed by atoms with Gasteiger partial charge in [0, 0.05) is 31.1 Å². The van der Waals surface area contributed by atoms with Crippen LogP contribution in [0.25, 0.3) is 0 Å². The lowest BCUT2D eigenvalue weighted by Crippen LogP contribution is -2.48. The fourth-order valence-electron chi connectivity index (χ4n) is 8.51. The maximum Gasteiger partial charge on any atom is 0.331 e. The van der Waals surface area contributed by atoms with E-state index >= 15 is 0 Å². The van der Waals surface area contributed by atoms with Crippen molar-refractivity contribution in [1.82, 2.24) is 0 Å². The molecule has 7 nitrogen and oxygen atoms in total. The maximum atomic E-state index is 13.3. The molecule has 0 fully saturated rings. The van der Waals surface area contributed by atoms with Crippen LogP contribution < -0.4 is 0 Å². The molecular formula is C62H112O7Si3. The summed E-state index contributed by atoms with van der Waals surface area (Å²) < 4.78 is 32.9. The lowest BCUT2D eigenvalue weighted by atomic mass is 9.90. The molecule has 1 aliphatic rings. The molecule has 0 unspecified atom stereocenters. The smallest absolute Gasteiger partial charge is 0.331 e. The van der Waals surface area contributed by atoms with Crippen LogP contribution in [0.15, 0.2) is 83.1 Å². The molecule has 1 heterocycles. The van der Waals surface area contributed by atoms with E-state index in [0.717, 1.165) is 43.3 Å². The Balaban J connectivity index is 2.94. The van der Waals surface area contributed by atoms with E-state index in [4.69, 9.17) is 22.8 Å². The minimum absolute atomic E-state index is 0.0379. The molecule has 10 heteroatoms. The SMILES string of the molecule is CC(=C/C=C/C(C)=C/C[C@@H](C)C[C@H](C)O[Si](C)(C)C(C)(C)C)C=C(C)/C=C/C(=O)O[C@H]1CCCC(=O)O[C@@H]([C@@H](C)C/C(C)=C/[C@@H](C)[C@@H](C[C@@H](C)O[Si](C)(C)C(C)(C)C)O[Si](C)(C)C(C)(C)C)C/C=C/C[C@@H]1C. The quantitative estimate of drug-likeness (QED) is 0.0332. The third kappa shape index (κ3) is 25.5. The van der Waals surface area contributed by atoms with Gasteiger partial charge in [0.15, 0.2) is 25.0 Å². The number of carbonyl (C=O) groups excluding carboxylic acids is 2. The molecule has 0 saturated heterocycles. The van der Waals surface area contributed by atoms with Crippen molar-refractivity contribution >= 4 is 36.9 Å². The largest absolute Gasteiger partial charge is 0.462 e. The van der Waals surface area contributed by atoms with Gasteiger partial charge in [0.2, 0.25) is 0 Å². The Morgan fingerprint density at radius 2 is 1.25 bits per heavy atom. The van der Waals surface area contributed by atoms with Crippen molar-refractivity contribution in [2.45, 2.75) is 274 Å². The molecule has 414 valence electrons. The minimum Gasteiger partial charge on any atom is -0.462 e. The van der Waals surface area contributed by atoms with Gasteiger partial charge in [0.05, 0.1) is 6.10 Å². The predicted octanol–water partition coefficient (Wildman–Crippen LogP) is 18.5. The number of esters is 2. The fraction of sp³-hybridized carbons (Fsp3) is 0.742. The molecule has 9 atom stereocenters. The zero-order valence-corrected chi connectivity index (χ0v) is 54.2. The summed E-state index contributed by atoms with van der Waals surface area (Å²) in [6.07, 6.45) is 27.3. The van der Waals surface area contributed by atoms with Crippen LogP contribution in [0.2, 0.25) is 54.4 Å². The minimum atomic E-state index is -2.06. The Bertz CT molecular complexity index is 1890. The van der Waals surface area contributed by atoms with Crippen LogP contribution in [0.5, 0.6) is 0 Å². The van der Waals surface area contributed by atoms with Gasteiger partial charge in [-0.15, -0.1) is 0 Å². The van der Waals surface area contributed by atoms with Crippen molar-refractivity contribution < 1.29 is 32.3 Å². The van der Waals surface area contributed by atoms with E-state index in [2.05, 4.69) is 213 Å². The van der Waals surface area contributed by atoms with Gasteiger partial charge in [-0.25, -0.2) is 4.79 Å². The molecule has 0 bridgehead atoms. The lowest BCUT2D eigenvalue weighted by molar-refractivity contribution is -0.151. The first-order valence-electron chi connectivity index (χ1n) is 27.9. The average molecular weight is 1050 g/mol. The highest BCUT2D eigenvalue weighted by molar-refractivity contribution is 6.75. The summed E-state index contributed by atoms with van der Waals surface area (Å²) in [5.74, 6) is 0.419. The van der Waals surface area contributed by atoms with Crippen molar-refractivity contribution in [3.63, 3.8) is 0 Å². The highest BCUT2D eigenvalue weighted by Gasteiger charge is 2.43. The van der Waals surface area contributed by atoms with Gasteiger partial charge in [0.1, 0.15) is 12.2 Å². The molecule has 1 rings (SSSR count). The molecular weight excluding hydrogens is 941 g/mol. The van der Waals surface area contributed by atoms with Gasteiger partial charge in [-0.3, -0.25) is 4.79 Å². The van der Waals surface area contributed by atoms with Gasteiger partial charge >= 0.3 is 11.9 Å². The Kier molecular flexibility index (Phi) is 28.0. The van der Waals surface area contributed by atoms with E-state index in [9.17, 15) is 9.59 Å². The monoisotopic (exact) mass is 1050 g/mol. The predicted molar refractivity (Wildman–Crippen MR) is 318 cm³/mol. The first-order valence-corrected chi connectivity index (χ1v) is 36.6. The highest BCUT2D eigenvalue weighted by atomic mass is 28.4. The maximum absolute atomic E-state index is 13.3. The van der Waals surface area contributed by atoms with E-state index in [0.29, 0.717) is 31.6 Å². The van der Waals surface area contributed by atoms with Crippen LogP contribution >= 0.6 is 0 Å². The molecule has 72 heavy (non-hydrogen) atoms. The summed E-state index contributed by atoms with van der Waals surface area (Å²) in [4.78, 5) is 26.5. The van der Waals surface area contributed by atoms with Crippen LogP contribution in [-0.4, -0.2) is 67.4 Å². The third-order valence-corrected chi connectivity index (χ3v) is 29.9. The van der Waals surface area contributed by atoms with Gasteiger partial charge in [-0.2, -0.15) is 0 Å². The van der Waals surface area contributed by atoms with Crippen LogP contribution in [0.1, 0.15) is 189 Å². The molecule has 0 aromatic heterocycles. The first-order chi connectivity index (χ1) is 32.8. The summed E-state index contributed by atoms with van der Waals surface area (Å²) in [7, 11) is -5.76. The second-order valence-corrected chi connectivity index (χ2v) is 41.2. The number of ether oxygens (including phenoxy) is 2. The van der Waals surface area contributed by atoms with Crippen molar-refractivity contribution in [2.75, 3.05) is 0 Å². The summed E-state index contributed by atoms with van der Waals surface area (Å²) >= 11 is 0. The lowest BCUT2D eigenvalue weighted by Gasteiger charge is -2.43. The number of carbonyl (C=O) groups is 2. The van der Waals surface area contributed by atoms with Crippen LogP contribution in [0.4, 0.5) is 0 Å². The van der Waals surface area contributed by atoms with Gasteiger partial charge in [0.25, 0.3) is 0 Å². The average Bonchev–Trinajstić information content (AvgIpc) is 3.20. The normalized spacial score (nSPS) is 22.7. The molecule has 0 aromatic rings. The molecule has 1 aliphatic heterocycles. The van der Waals surface area contributed by atoms with E-state index < -0.39 is 25.0 Å². The molecule has 0 saturated carbocycles. The summed E-state index contributed by atoms with van der Waals surface area (Å²) in [6, 6.07) is 0. The highest BCUT2D eigenvalue weighted by Crippen LogP contribution is 2.42. The second kappa shape index (κ2) is 29.8. The Morgan fingerprint density at radius 3 is 1.81 bits per heavy atom. The van der Waals surface area contributed by atoms with E-state index in [1.165, 1.54) is 17.2 Å². The van der Waals surface area contributed by atoms with Crippen molar-refractivity contribution in [1.29, 1.82) is 0 Å². The number of cyclic esters (lactones) is 1. The second-order valence-electron chi connectivity index (χ2n) is 26.9. The molecule has 0 spiro atoms. The number of allylic oxidation sites excluding steroid dienone is 11. The summed E-state index contributed by atoms with van der Waals surface area (Å²) in [6.45, 7) is 56.5. The van der Waals surface area contributed by atoms with Crippen molar-refractivity contribution in [3.8, 4) is 0 Å². The van der Waals surface area contributed by atoms with Gasteiger partial charge in [-0.05, 0) is 165 Å². The first kappa shape index (κ1) is 67.7. The number of rotatable bonds is 23. The molecule has 0 aromatic carbocycles. The summed E-state index contributed by atoms with van der Waals surface area (Å²) in [5.41, 5.74) is 4.58. The van der Waals surface area contributed by atoms with E-state index in [1.807, 2.05) is 13.0 Å². The summed E-state index contributed by atoms with van der Waals surface area (Å²) in [5, 5.41) is 0.457. The number of hydrogen-bond acceptors (Lipinski definition) is 7. The Hall–Kier alpha value is -2.35. The topological polar surface area (TPSA) is 80.3 Å². The van der Waals surface area contributed by atoms with Crippen LogP contribution in [-0.2, 0) is 32.3 Å². The standard InChI is InChI=1S/C62H112O7Si3/c1-45(36-37-48(4)43-53(9)67-70(20,21)60(11,12)13)30-28-31-46(2)40-47(3)38-39-59(64)65-55-34-29-35-58(63)66-56(33-27-26-32-50(55)6)51(7)41-49(5)42-52(8)57(69-72(24,25)62(17,18)19)44-54(10)68-71(22,23)61(14,15)16/h26-28,30-31,36,38-40,42,48,50-57H,29,32-35,37,41,43-44H2,1-25H3/b27-26+,30-28+,39-38+,45-36+,46-31?,47-40?,49-42+/t48-,50+,51+,52-,53+,54-,55+,56-,57-/m1/s1. The van der Waals surface area contributed by atoms with E-state index in [1.54, 1.807) is 0 Å². The molecule has 0 aliphatic carbocycles. The van der Waals surface area contributed by atoms with Crippen molar-refractivity contribution in [2.24, 2.45) is 23.7 Å². The van der Waals surface area contributed by atoms with E-state index in [-0.39, 0.29) is 75.3 Å². The van der Waals surface area contributed by atoms with Gasteiger partial charge < -0.3 is 22.8 Å². The number of hydrogen-bond donors (Lipinski definition) is 0. The van der Waals surface area contributed by atoms with Crippen LogP contribution in [0.3, 0.4) is 0 Å². The fourth-order valence-corrected chi connectivity index (χ4v) is 12.8. The molecule has 0 amide bonds. The van der Waals surface area contributed by atoms with Gasteiger partial charge in [-0.1, -0.05) is 167 Å². The molecule has 0 radical (unpaired) electrons. The Morgan fingerprint density at radius 1 is 0.722 bits per heavy atom. The molecule has 0 N–H and O–H groups in total. The van der Waals surface area contributed by atoms with Crippen molar-refractivity contribution in [3.05, 3.63) is 83.1 Å². The van der Waals surface area contributed by atoms with Crippen LogP contribution in [0, 0.1) is 23.7 Å². The Labute approximate surface area is 448 Å². The zero-order chi connectivity index (χ0) is 55.6.